The molecule has 9 nitrogen and oxygen atoms in total. The number of fused-ring (bicyclic) bond motifs is 1. The van der Waals surface area contributed by atoms with E-state index in [1.54, 1.807) is 6.07 Å². The zero-order chi connectivity index (χ0) is 24.9. The SMILES string of the molecule is CCCCCCN1C(=O)NC(=O)[C@]2(Cc3cc([N+](=O)[O-])ccc3N(CCCC)[C@H]2CCC)C1=O. The van der Waals surface area contributed by atoms with Crippen LogP contribution in [0.4, 0.5) is 16.2 Å². The monoisotopic (exact) mass is 472 g/mol. The number of hydrogen-bond donors (Lipinski definition) is 1. The average Bonchev–Trinajstić information content (AvgIpc) is 2.81. The number of benzene rings is 1. The Kier molecular flexibility index (Phi) is 8.28. The molecule has 1 saturated heterocycles. The number of carbonyl (C=O) groups is 3. The van der Waals surface area contributed by atoms with E-state index in [9.17, 15) is 24.5 Å². The molecule has 0 aromatic heterocycles. The summed E-state index contributed by atoms with van der Waals surface area (Å²) in [5.74, 6) is -1.07. The number of non-ortho nitro benzene ring substituents is 1. The molecular formula is C25H36N4O5. The topological polar surface area (TPSA) is 113 Å². The first kappa shape index (κ1) is 25.6. The van der Waals surface area contributed by atoms with Crippen LogP contribution >= 0.6 is 0 Å². The molecule has 1 spiro atoms. The van der Waals surface area contributed by atoms with Gasteiger partial charge in [0, 0.05) is 37.3 Å². The number of amides is 4. The van der Waals surface area contributed by atoms with Gasteiger partial charge in [0.15, 0.2) is 5.41 Å². The summed E-state index contributed by atoms with van der Waals surface area (Å²) in [5.41, 5.74) is -0.143. The Balaban J connectivity index is 2.10. The standard InChI is InChI=1S/C25H36N4O5/c1-4-7-9-10-15-28-23(31)25(22(30)26-24(28)32)17-18-16-19(29(33)34)12-13-20(18)27(14-8-5-2)21(25)11-6-3/h12-13,16,21H,4-11,14-15,17H2,1-3H3,(H,26,30,32)/t21-,25+/m0/s1. The van der Waals surface area contributed by atoms with Crippen molar-refractivity contribution in [3.05, 3.63) is 33.9 Å². The first-order valence-electron chi connectivity index (χ1n) is 12.5. The van der Waals surface area contributed by atoms with Gasteiger partial charge >= 0.3 is 6.03 Å². The van der Waals surface area contributed by atoms with E-state index >= 15 is 0 Å². The van der Waals surface area contributed by atoms with Crippen molar-refractivity contribution < 1.29 is 19.3 Å². The molecule has 34 heavy (non-hydrogen) atoms. The first-order chi connectivity index (χ1) is 16.3. The summed E-state index contributed by atoms with van der Waals surface area (Å²) >= 11 is 0. The van der Waals surface area contributed by atoms with Crippen LogP contribution in [0.1, 0.15) is 77.7 Å². The number of unbranched alkanes of at least 4 members (excludes halogenated alkanes) is 4. The molecule has 2 heterocycles. The Morgan fingerprint density at radius 2 is 1.76 bits per heavy atom. The number of nitro benzene ring substituents is 1. The van der Waals surface area contributed by atoms with Crippen LogP contribution in [-0.2, 0) is 16.0 Å². The molecule has 1 fully saturated rings. The Morgan fingerprint density at radius 3 is 2.41 bits per heavy atom. The van der Waals surface area contributed by atoms with Gasteiger partial charge in [-0.05, 0) is 30.9 Å². The van der Waals surface area contributed by atoms with E-state index in [0.29, 0.717) is 24.9 Å². The lowest BCUT2D eigenvalue weighted by Crippen LogP contribution is -2.72. The predicted octanol–water partition coefficient (Wildman–Crippen LogP) is 4.57. The molecule has 1 aromatic carbocycles. The van der Waals surface area contributed by atoms with E-state index in [4.69, 9.17) is 0 Å². The van der Waals surface area contributed by atoms with Gasteiger partial charge < -0.3 is 4.90 Å². The van der Waals surface area contributed by atoms with E-state index in [2.05, 4.69) is 24.1 Å². The second kappa shape index (κ2) is 11.0. The molecule has 0 bridgehead atoms. The fourth-order valence-corrected chi connectivity index (χ4v) is 5.30. The third kappa shape index (κ3) is 4.65. The second-order valence-electron chi connectivity index (χ2n) is 9.35. The number of nitrogens with zero attached hydrogens (tertiary/aromatic N) is 3. The average molecular weight is 473 g/mol. The minimum Gasteiger partial charge on any atom is -0.367 e. The van der Waals surface area contributed by atoms with Crippen molar-refractivity contribution in [2.75, 3.05) is 18.0 Å². The Hall–Kier alpha value is -2.97. The summed E-state index contributed by atoms with van der Waals surface area (Å²) in [6, 6.07) is 3.58. The number of carbonyl (C=O) groups excluding carboxylic acids is 3. The lowest BCUT2D eigenvalue weighted by atomic mass is 9.67. The summed E-state index contributed by atoms with van der Waals surface area (Å²) < 4.78 is 0. The zero-order valence-corrected chi connectivity index (χ0v) is 20.5. The number of barbiturate groups is 1. The Morgan fingerprint density at radius 1 is 1.03 bits per heavy atom. The van der Waals surface area contributed by atoms with Crippen LogP contribution in [0.3, 0.4) is 0 Å². The molecule has 1 aromatic rings. The van der Waals surface area contributed by atoms with Gasteiger partial charge in [-0.1, -0.05) is 52.9 Å². The van der Waals surface area contributed by atoms with Crippen LogP contribution in [0.15, 0.2) is 18.2 Å². The molecule has 1 N–H and O–H groups in total. The fraction of sp³-hybridized carbons (Fsp3) is 0.640. The number of anilines is 1. The predicted molar refractivity (Wildman–Crippen MR) is 130 cm³/mol. The van der Waals surface area contributed by atoms with Gasteiger partial charge in [0.1, 0.15) is 0 Å². The molecule has 2 aliphatic rings. The number of imide groups is 2. The van der Waals surface area contributed by atoms with Gasteiger partial charge in [-0.3, -0.25) is 29.9 Å². The van der Waals surface area contributed by atoms with E-state index in [-0.39, 0.29) is 18.7 Å². The summed E-state index contributed by atoms with van der Waals surface area (Å²) in [6.07, 6.45) is 6.77. The Labute approximate surface area is 201 Å². The minimum absolute atomic E-state index is 0.0424. The number of nitrogens with one attached hydrogen (secondary N) is 1. The molecule has 0 aliphatic carbocycles. The van der Waals surface area contributed by atoms with Crippen LogP contribution in [0, 0.1) is 15.5 Å². The molecule has 2 aliphatic heterocycles. The zero-order valence-electron chi connectivity index (χ0n) is 20.5. The van der Waals surface area contributed by atoms with E-state index in [0.717, 1.165) is 44.2 Å². The third-order valence-electron chi connectivity index (χ3n) is 7.05. The number of urea groups is 1. The molecule has 0 unspecified atom stereocenters. The van der Waals surface area contributed by atoms with Gasteiger partial charge in [-0.2, -0.15) is 0 Å². The van der Waals surface area contributed by atoms with Crippen molar-refractivity contribution in [2.24, 2.45) is 5.41 Å². The summed E-state index contributed by atoms with van der Waals surface area (Å²) in [6.45, 7) is 7.05. The van der Waals surface area contributed by atoms with Crippen LogP contribution in [0.5, 0.6) is 0 Å². The number of hydrogen-bond acceptors (Lipinski definition) is 6. The highest BCUT2D eigenvalue weighted by Gasteiger charge is 2.61. The molecule has 3 rings (SSSR count). The van der Waals surface area contributed by atoms with E-state index < -0.39 is 34.2 Å². The van der Waals surface area contributed by atoms with Crippen molar-refractivity contribution in [3.63, 3.8) is 0 Å². The molecular weight excluding hydrogens is 436 g/mol. The van der Waals surface area contributed by atoms with E-state index in [1.807, 2.05) is 6.92 Å². The number of rotatable bonds is 11. The van der Waals surface area contributed by atoms with E-state index in [1.165, 1.54) is 17.0 Å². The third-order valence-corrected chi connectivity index (χ3v) is 7.05. The lowest BCUT2D eigenvalue weighted by molar-refractivity contribution is -0.384. The highest BCUT2D eigenvalue weighted by Crippen LogP contribution is 2.47. The smallest absolute Gasteiger partial charge is 0.330 e. The summed E-state index contributed by atoms with van der Waals surface area (Å²) in [4.78, 5) is 54.5. The maximum Gasteiger partial charge on any atom is 0.330 e. The highest BCUT2D eigenvalue weighted by atomic mass is 16.6. The van der Waals surface area contributed by atoms with Gasteiger partial charge in [0.05, 0.1) is 11.0 Å². The summed E-state index contributed by atoms with van der Waals surface area (Å²) in [7, 11) is 0. The molecule has 4 amide bonds. The van der Waals surface area contributed by atoms with Crippen molar-refractivity contribution in [1.29, 1.82) is 0 Å². The minimum atomic E-state index is -1.50. The molecule has 0 radical (unpaired) electrons. The van der Waals surface area contributed by atoms with Crippen molar-refractivity contribution in [1.82, 2.24) is 10.2 Å². The molecule has 0 saturated carbocycles. The number of nitro groups is 1. The lowest BCUT2D eigenvalue weighted by Gasteiger charge is -2.52. The normalized spacial score (nSPS) is 22.2. The maximum atomic E-state index is 14.0. The maximum absolute atomic E-state index is 14.0. The van der Waals surface area contributed by atoms with Gasteiger partial charge in [0.25, 0.3) is 5.69 Å². The van der Waals surface area contributed by atoms with Crippen LogP contribution in [-0.4, -0.2) is 46.8 Å². The Bertz CT molecular complexity index is 949. The summed E-state index contributed by atoms with van der Waals surface area (Å²) in [5, 5.41) is 13.9. The fourth-order valence-electron chi connectivity index (χ4n) is 5.30. The van der Waals surface area contributed by atoms with Crippen LogP contribution in [0.25, 0.3) is 0 Å². The second-order valence-corrected chi connectivity index (χ2v) is 9.35. The molecule has 186 valence electrons. The quantitative estimate of drug-likeness (QED) is 0.218. The largest absolute Gasteiger partial charge is 0.367 e. The van der Waals surface area contributed by atoms with Crippen LogP contribution in [0.2, 0.25) is 0 Å². The highest BCUT2D eigenvalue weighted by molar-refractivity contribution is 6.20. The van der Waals surface area contributed by atoms with Crippen molar-refractivity contribution in [3.8, 4) is 0 Å². The van der Waals surface area contributed by atoms with Gasteiger partial charge in [-0.15, -0.1) is 0 Å². The van der Waals surface area contributed by atoms with Gasteiger partial charge in [-0.25, -0.2) is 4.79 Å². The van der Waals surface area contributed by atoms with Crippen molar-refractivity contribution in [2.45, 2.75) is 84.6 Å². The first-order valence-corrected chi connectivity index (χ1v) is 12.5. The van der Waals surface area contributed by atoms with Crippen molar-refractivity contribution >= 4 is 29.2 Å². The molecule has 9 heteroatoms. The van der Waals surface area contributed by atoms with Crippen LogP contribution < -0.4 is 10.2 Å². The van der Waals surface area contributed by atoms with Gasteiger partial charge in [0.2, 0.25) is 11.8 Å². The molecule has 2 atom stereocenters.